The van der Waals surface area contributed by atoms with Gasteiger partial charge in [-0.1, -0.05) is 0 Å². The van der Waals surface area contributed by atoms with E-state index >= 15 is 0 Å². The summed E-state index contributed by atoms with van der Waals surface area (Å²) in [6.45, 7) is 6.56. The topological polar surface area (TPSA) is 20.2 Å². The average Bonchev–Trinajstić information content (AvgIpc) is 2.05. The van der Waals surface area contributed by atoms with E-state index in [2.05, 4.69) is 27.7 Å². The van der Waals surface area contributed by atoms with Gasteiger partial charge in [0.15, 0.2) is 0 Å². The van der Waals surface area contributed by atoms with E-state index in [1.54, 1.807) is 0 Å². The van der Waals surface area contributed by atoms with Crippen molar-refractivity contribution >= 4 is 6.83 Å². The Kier molecular flexibility index (Phi) is 6.25. The summed E-state index contributed by atoms with van der Waals surface area (Å²) < 4.78 is 0. The van der Waals surface area contributed by atoms with E-state index in [9.17, 15) is 4.89 Å². The van der Waals surface area contributed by atoms with Crippen LogP contribution >= 0.6 is 6.83 Å². The first kappa shape index (κ1) is 14.4. The summed E-state index contributed by atoms with van der Waals surface area (Å²) in [7, 11) is 0. The monoisotopic (exact) mass is 220 g/mol. The SMILES string of the molecule is CCCP(O)(CCC)(CCC)CCC. The number of hydrogen-bond acceptors (Lipinski definition) is 1. The van der Waals surface area contributed by atoms with Gasteiger partial charge in [-0.25, -0.2) is 0 Å². The third kappa shape index (κ3) is 3.87. The second-order valence-corrected chi connectivity index (χ2v) is 10.4. The van der Waals surface area contributed by atoms with Crippen LogP contribution in [0.15, 0.2) is 0 Å². The molecule has 0 aromatic carbocycles. The minimum absolute atomic E-state index is 1.10. The van der Waals surface area contributed by atoms with E-state index in [0.29, 0.717) is 0 Å². The van der Waals surface area contributed by atoms with Crippen molar-refractivity contribution in [2.45, 2.75) is 53.4 Å². The predicted molar refractivity (Wildman–Crippen MR) is 69.8 cm³/mol. The standard InChI is InChI=1S/C12H29OP/c1-5-9-14(13,10-6-2,11-7-3)12-8-4/h13H,5-12H2,1-4H3. The Hall–Kier alpha value is 0.390. The molecule has 0 rings (SSSR count). The van der Waals surface area contributed by atoms with Crippen LogP contribution in [-0.2, 0) is 0 Å². The van der Waals surface area contributed by atoms with Crippen LogP contribution in [0.3, 0.4) is 0 Å². The van der Waals surface area contributed by atoms with Gasteiger partial charge in [0.2, 0.25) is 0 Å². The zero-order valence-corrected chi connectivity index (χ0v) is 11.4. The van der Waals surface area contributed by atoms with Crippen molar-refractivity contribution in [2.75, 3.05) is 24.6 Å². The summed E-state index contributed by atoms with van der Waals surface area (Å²) in [5, 5.41) is 0. The molecule has 0 fully saturated rings. The van der Waals surface area contributed by atoms with Gasteiger partial charge in [0.05, 0.1) is 0 Å². The van der Waals surface area contributed by atoms with Gasteiger partial charge >= 0.3 is 89.7 Å². The van der Waals surface area contributed by atoms with Crippen molar-refractivity contribution in [1.82, 2.24) is 0 Å². The second-order valence-electron chi connectivity index (χ2n) is 4.80. The molecule has 0 unspecified atom stereocenters. The van der Waals surface area contributed by atoms with E-state index in [4.69, 9.17) is 0 Å². The molecule has 0 aliphatic heterocycles. The first-order valence-corrected chi connectivity index (χ1v) is 9.22. The molecule has 0 heterocycles. The quantitative estimate of drug-likeness (QED) is 0.611. The average molecular weight is 220 g/mol. The van der Waals surface area contributed by atoms with Crippen molar-refractivity contribution in [3.05, 3.63) is 0 Å². The summed E-state index contributed by atoms with van der Waals surface area (Å²) in [6.07, 6.45) is 8.98. The van der Waals surface area contributed by atoms with Gasteiger partial charge < -0.3 is 0 Å². The summed E-state index contributed by atoms with van der Waals surface area (Å²) in [5.74, 6) is 0. The molecule has 0 spiro atoms. The third-order valence-electron chi connectivity index (χ3n) is 3.19. The van der Waals surface area contributed by atoms with E-state index in [1.165, 1.54) is 0 Å². The van der Waals surface area contributed by atoms with Gasteiger partial charge in [0.25, 0.3) is 0 Å². The molecule has 88 valence electrons. The molecule has 0 aromatic heterocycles. The third-order valence-corrected chi connectivity index (χ3v) is 9.58. The molecule has 0 saturated carbocycles. The Morgan fingerprint density at radius 3 is 1.00 bits per heavy atom. The molecule has 1 N–H and O–H groups in total. The van der Waals surface area contributed by atoms with Gasteiger partial charge in [-0.3, -0.25) is 0 Å². The molecular weight excluding hydrogens is 191 g/mol. The molecular formula is C12H29OP. The van der Waals surface area contributed by atoms with Gasteiger partial charge in [-0.15, -0.1) is 0 Å². The number of hydrogen-bond donors (Lipinski definition) is 1. The molecule has 0 amide bonds. The molecule has 0 aliphatic rings. The normalized spacial score (nSPS) is 15.1. The van der Waals surface area contributed by atoms with Crippen LogP contribution in [0.4, 0.5) is 0 Å². The fourth-order valence-electron chi connectivity index (χ4n) is 2.97. The fourth-order valence-corrected chi connectivity index (χ4v) is 8.90. The van der Waals surface area contributed by atoms with Crippen molar-refractivity contribution in [1.29, 1.82) is 0 Å². The summed E-state index contributed by atoms with van der Waals surface area (Å²) >= 11 is 0. The first-order chi connectivity index (χ1) is 6.54. The zero-order valence-electron chi connectivity index (χ0n) is 10.6. The molecule has 2 heteroatoms. The Labute approximate surface area is 90.3 Å². The second kappa shape index (κ2) is 6.08. The molecule has 0 aromatic rings. The van der Waals surface area contributed by atoms with Crippen molar-refractivity contribution < 1.29 is 4.89 Å². The summed E-state index contributed by atoms with van der Waals surface area (Å²) in [4.78, 5) is 11.1. The van der Waals surface area contributed by atoms with Crippen LogP contribution in [0, 0.1) is 0 Å². The fraction of sp³-hybridized carbons (Fsp3) is 1.00. The van der Waals surface area contributed by atoms with Crippen LogP contribution in [0.25, 0.3) is 0 Å². The van der Waals surface area contributed by atoms with Gasteiger partial charge in [-0.05, 0) is 0 Å². The first-order valence-electron chi connectivity index (χ1n) is 6.29. The molecule has 1 nitrogen and oxygen atoms in total. The molecule has 0 atom stereocenters. The molecule has 0 bridgehead atoms. The van der Waals surface area contributed by atoms with Crippen molar-refractivity contribution in [3.63, 3.8) is 0 Å². The number of rotatable bonds is 8. The zero-order chi connectivity index (χ0) is 11.1. The maximum absolute atomic E-state index is 11.1. The predicted octanol–water partition coefficient (Wildman–Crippen LogP) is 4.09. The van der Waals surface area contributed by atoms with Crippen LogP contribution in [0.1, 0.15) is 53.4 Å². The van der Waals surface area contributed by atoms with E-state index < -0.39 is 6.83 Å². The van der Waals surface area contributed by atoms with Crippen LogP contribution in [0.5, 0.6) is 0 Å². The molecule has 14 heavy (non-hydrogen) atoms. The molecule has 0 aliphatic carbocycles. The van der Waals surface area contributed by atoms with Crippen molar-refractivity contribution in [3.8, 4) is 0 Å². The van der Waals surface area contributed by atoms with Gasteiger partial charge in [-0.2, -0.15) is 0 Å². The molecule has 0 radical (unpaired) electrons. The maximum atomic E-state index is 11.1. The van der Waals surface area contributed by atoms with Crippen LogP contribution < -0.4 is 0 Å². The van der Waals surface area contributed by atoms with Crippen LogP contribution in [0.2, 0.25) is 0 Å². The van der Waals surface area contributed by atoms with Crippen LogP contribution in [-0.4, -0.2) is 29.5 Å². The van der Waals surface area contributed by atoms with E-state index in [-0.39, 0.29) is 0 Å². The Bertz CT molecular complexity index is 121. The van der Waals surface area contributed by atoms with E-state index in [0.717, 1.165) is 50.3 Å². The Balaban J connectivity index is 4.69. The Morgan fingerprint density at radius 2 is 0.857 bits per heavy atom. The van der Waals surface area contributed by atoms with E-state index in [1.807, 2.05) is 0 Å². The Morgan fingerprint density at radius 1 is 0.643 bits per heavy atom. The van der Waals surface area contributed by atoms with Gasteiger partial charge in [0.1, 0.15) is 0 Å². The van der Waals surface area contributed by atoms with Crippen molar-refractivity contribution in [2.24, 2.45) is 0 Å². The van der Waals surface area contributed by atoms with Gasteiger partial charge in [0, 0.05) is 0 Å². The summed E-state index contributed by atoms with van der Waals surface area (Å²) in [5.41, 5.74) is 0. The minimum atomic E-state index is -2.27. The molecule has 0 saturated heterocycles. The summed E-state index contributed by atoms with van der Waals surface area (Å²) in [6, 6.07) is 0.